The van der Waals surface area contributed by atoms with Gasteiger partial charge in [-0.1, -0.05) is 42.4 Å². The Morgan fingerprint density at radius 2 is 1.86 bits per heavy atom. The molecule has 1 saturated carbocycles. The topological polar surface area (TPSA) is 115 Å². The Balaban J connectivity index is 1.35. The number of hydrogen-bond donors (Lipinski definition) is 3. The Labute approximate surface area is 176 Å². The minimum Gasteiger partial charge on any atom is -0.368 e. The van der Waals surface area contributed by atoms with Crippen LogP contribution in [-0.2, 0) is 5.75 Å². The number of nitrogen functional groups attached to an aromatic ring is 1. The maximum atomic E-state index is 13.0. The number of anilines is 4. The van der Waals surface area contributed by atoms with E-state index in [1.54, 1.807) is 12.1 Å². The molecule has 11 heteroatoms. The average molecular weight is 433 g/mol. The van der Waals surface area contributed by atoms with Crippen LogP contribution in [0.3, 0.4) is 0 Å². The fourth-order valence-electron chi connectivity index (χ4n) is 3.10. The molecule has 0 atom stereocenters. The number of halogens is 1. The van der Waals surface area contributed by atoms with E-state index in [0.29, 0.717) is 29.3 Å². The summed E-state index contributed by atoms with van der Waals surface area (Å²) in [6.45, 7) is 0. The predicted molar refractivity (Wildman–Crippen MR) is 114 cm³/mol. The highest BCUT2D eigenvalue weighted by Crippen LogP contribution is 2.30. The van der Waals surface area contributed by atoms with E-state index < -0.39 is 0 Å². The van der Waals surface area contributed by atoms with Crippen molar-refractivity contribution in [3.8, 4) is 0 Å². The minimum absolute atomic E-state index is 0.122. The fraction of sp³-hybridized carbons (Fsp3) is 0.389. The summed E-state index contributed by atoms with van der Waals surface area (Å²) in [5, 5.41) is 15.8. The molecule has 1 aliphatic rings. The highest BCUT2D eigenvalue weighted by molar-refractivity contribution is 8.00. The molecule has 0 saturated heterocycles. The number of benzene rings is 1. The SMILES string of the molecule is Nc1nc(CSc2nnc(NC3CCCCC3)s2)nc(Nc2ccc(F)cc2)n1. The molecule has 8 nitrogen and oxygen atoms in total. The Morgan fingerprint density at radius 3 is 2.66 bits per heavy atom. The van der Waals surface area contributed by atoms with Gasteiger partial charge in [-0.3, -0.25) is 0 Å². The lowest BCUT2D eigenvalue weighted by Gasteiger charge is -2.21. The van der Waals surface area contributed by atoms with Crippen LogP contribution in [0.15, 0.2) is 28.6 Å². The van der Waals surface area contributed by atoms with Crippen LogP contribution in [0.25, 0.3) is 0 Å². The molecule has 0 aliphatic heterocycles. The summed E-state index contributed by atoms with van der Waals surface area (Å²) in [7, 11) is 0. The van der Waals surface area contributed by atoms with Crippen LogP contribution in [0.1, 0.15) is 37.9 Å². The molecule has 4 rings (SSSR count). The van der Waals surface area contributed by atoms with E-state index >= 15 is 0 Å². The summed E-state index contributed by atoms with van der Waals surface area (Å²) in [6, 6.07) is 6.42. The van der Waals surface area contributed by atoms with Crippen LogP contribution in [0.2, 0.25) is 0 Å². The largest absolute Gasteiger partial charge is 0.368 e. The Morgan fingerprint density at radius 1 is 1.07 bits per heavy atom. The molecule has 0 amide bonds. The molecule has 2 heterocycles. The van der Waals surface area contributed by atoms with E-state index in [-0.39, 0.29) is 11.8 Å². The van der Waals surface area contributed by atoms with E-state index in [1.807, 2.05) is 0 Å². The number of rotatable bonds is 7. The maximum Gasteiger partial charge on any atom is 0.232 e. The smallest absolute Gasteiger partial charge is 0.232 e. The van der Waals surface area contributed by atoms with Crippen molar-refractivity contribution >= 4 is 45.8 Å². The van der Waals surface area contributed by atoms with Gasteiger partial charge < -0.3 is 16.4 Å². The molecule has 1 fully saturated rings. The normalized spacial score (nSPS) is 14.7. The Kier molecular flexibility index (Phi) is 6.35. The van der Waals surface area contributed by atoms with Crippen molar-refractivity contribution in [1.82, 2.24) is 25.1 Å². The number of nitrogens with zero attached hydrogens (tertiary/aromatic N) is 5. The standard InChI is InChI=1S/C18H21FN8S2/c19-11-6-8-13(9-7-11)21-16-24-14(23-15(20)25-16)10-28-18-27-26-17(29-18)22-12-4-2-1-3-5-12/h6-9,12H,1-5,10H2,(H,22,26)(H3,20,21,23,24,25). The van der Waals surface area contributed by atoms with Gasteiger partial charge in [-0.25, -0.2) is 4.39 Å². The van der Waals surface area contributed by atoms with Gasteiger partial charge in [0.1, 0.15) is 11.6 Å². The molecule has 29 heavy (non-hydrogen) atoms. The van der Waals surface area contributed by atoms with Crippen LogP contribution in [0.4, 0.5) is 27.1 Å². The highest BCUT2D eigenvalue weighted by atomic mass is 32.2. The van der Waals surface area contributed by atoms with Gasteiger partial charge in [0.25, 0.3) is 0 Å². The summed E-state index contributed by atoms with van der Waals surface area (Å²) in [4.78, 5) is 12.6. The molecule has 1 aromatic carbocycles. The molecule has 0 spiro atoms. The van der Waals surface area contributed by atoms with Gasteiger partial charge in [0.2, 0.25) is 17.0 Å². The lowest BCUT2D eigenvalue weighted by Crippen LogP contribution is -2.21. The number of thioether (sulfide) groups is 1. The first-order valence-corrected chi connectivity index (χ1v) is 11.2. The molecule has 0 bridgehead atoms. The third-order valence-corrected chi connectivity index (χ3v) is 6.45. The van der Waals surface area contributed by atoms with Gasteiger partial charge in [0, 0.05) is 11.7 Å². The second-order valence-corrected chi connectivity index (χ2v) is 8.91. The molecular formula is C18H21FN8S2. The summed E-state index contributed by atoms with van der Waals surface area (Å²) in [6.07, 6.45) is 6.24. The van der Waals surface area contributed by atoms with Crippen LogP contribution < -0.4 is 16.4 Å². The van der Waals surface area contributed by atoms with Gasteiger partial charge in [0.15, 0.2) is 4.34 Å². The Hall–Kier alpha value is -2.53. The molecule has 2 aromatic heterocycles. The zero-order chi connectivity index (χ0) is 20.1. The predicted octanol–water partition coefficient (Wildman–Crippen LogP) is 4.22. The first-order chi connectivity index (χ1) is 14.1. The molecule has 152 valence electrons. The number of hydrogen-bond acceptors (Lipinski definition) is 10. The van der Waals surface area contributed by atoms with Gasteiger partial charge in [0.05, 0.1) is 5.75 Å². The van der Waals surface area contributed by atoms with Crippen LogP contribution in [-0.4, -0.2) is 31.2 Å². The van der Waals surface area contributed by atoms with Crippen molar-refractivity contribution in [3.63, 3.8) is 0 Å². The molecule has 1 aliphatic carbocycles. The van der Waals surface area contributed by atoms with E-state index in [0.717, 1.165) is 9.47 Å². The molecule has 0 radical (unpaired) electrons. The minimum atomic E-state index is -0.308. The van der Waals surface area contributed by atoms with Crippen LogP contribution >= 0.6 is 23.1 Å². The zero-order valence-corrected chi connectivity index (χ0v) is 17.3. The van der Waals surface area contributed by atoms with Gasteiger partial charge in [-0.15, -0.1) is 10.2 Å². The average Bonchev–Trinajstić information content (AvgIpc) is 3.16. The second kappa shape index (κ2) is 9.31. The molecule has 0 unspecified atom stereocenters. The van der Waals surface area contributed by atoms with Crippen LogP contribution in [0.5, 0.6) is 0 Å². The van der Waals surface area contributed by atoms with Gasteiger partial charge in [-0.2, -0.15) is 15.0 Å². The van der Waals surface area contributed by atoms with Gasteiger partial charge >= 0.3 is 0 Å². The molecule has 4 N–H and O–H groups in total. The van der Waals surface area contributed by atoms with Crippen molar-refractivity contribution in [2.45, 2.75) is 48.2 Å². The summed E-state index contributed by atoms with van der Waals surface area (Å²) >= 11 is 3.04. The van der Waals surface area contributed by atoms with Crippen molar-refractivity contribution in [2.75, 3.05) is 16.4 Å². The maximum absolute atomic E-state index is 13.0. The second-order valence-electron chi connectivity index (χ2n) is 6.71. The first-order valence-electron chi connectivity index (χ1n) is 9.40. The van der Waals surface area contributed by atoms with E-state index in [4.69, 9.17) is 5.73 Å². The zero-order valence-electron chi connectivity index (χ0n) is 15.6. The van der Waals surface area contributed by atoms with E-state index in [2.05, 4.69) is 35.8 Å². The quantitative estimate of drug-likeness (QED) is 0.472. The lowest BCUT2D eigenvalue weighted by atomic mass is 9.96. The number of nitrogens with one attached hydrogen (secondary N) is 2. The molecule has 3 aromatic rings. The summed E-state index contributed by atoms with van der Waals surface area (Å²) in [5.74, 6) is 1.15. The fourth-order valence-corrected chi connectivity index (χ4v) is 4.78. The first kappa shape index (κ1) is 19.8. The van der Waals surface area contributed by atoms with Crippen molar-refractivity contribution in [2.24, 2.45) is 0 Å². The summed E-state index contributed by atoms with van der Waals surface area (Å²) < 4.78 is 13.9. The number of nitrogens with two attached hydrogens (primary N) is 1. The van der Waals surface area contributed by atoms with Crippen molar-refractivity contribution < 1.29 is 4.39 Å². The molecular weight excluding hydrogens is 411 g/mol. The third kappa shape index (κ3) is 5.73. The van der Waals surface area contributed by atoms with Crippen molar-refractivity contribution in [3.05, 3.63) is 35.9 Å². The number of aromatic nitrogens is 5. The van der Waals surface area contributed by atoms with Gasteiger partial charge in [-0.05, 0) is 37.1 Å². The van der Waals surface area contributed by atoms with E-state index in [9.17, 15) is 4.39 Å². The van der Waals surface area contributed by atoms with Crippen molar-refractivity contribution in [1.29, 1.82) is 0 Å². The third-order valence-electron chi connectivity index (χ3n) is 4.46. The monoisotopic (exact) mass is 432 g/mol. The van der Waals surface area contributed by atoms with E-state index in [1.165, 1.54) is 67.3 Å². The Bertz CT molecular complexity index is 943. The van der Waals surface area contributed by atoms with Crippen LogP contribution in [0, 0.1) is 5.82 Å². The highest BCUT2D eigenvalue weighted by Gasteiger charge is 2.15. The summed E-state index contributed by atoms with van der Waals surface area (Å²) in [5.41, 5.74) is 6.47. The lowest BCUT2D eigenvalue weighted by molar-refractivity contribution is 0.462.